The van der Waals surface area contributed by atoms with E-state index in [1.54, 1.807) is 18.2 Å². The van der Waals surface area contributed by atoms with Gasteiger partial charge in [-0.3, -0.25) is 4.72 Å². The molecule has 8 heteroatoms. The molecule has 2 N–H and O–H groups in total. The van der Waals surface area contributed by atoms with Gasteiger partial charge in [0, 0.05) is 37.6 Å². The summed E-state index contributed by atoms with van der Waals surface area (Å²) >= 11 is 0. The third kappa shape index (κ3) is 4.70. The van der Waals surface area contributed by atoms with Gasteiger partial charge in [0.1, 0.15) is 0 Å². The van der Waals surface area contributed by atoms with E-state index in [2.05, 4.69) is 26.7 Å². The number of carboxylic acids is 1. The standard InChI is InChI=1S/C24H25N3O4S/c1-18-7-10-21(11-8-18)32(30,31)25-23-12-9-20(17-22(23)24(28)29)27-15-13-26(14-16-27)19-5-3-2-4-6-19/h2-12,17,25H,13-16H2,1H3,(H,28,29). The Morgan fingerprint density at radius 1 is 0.844 bits per heavy atom. The number of carboxylic acid groups (broad SMARTS) is 1. The van der Waals surface area contributed by atoms with Gasteiger partial charge in [0.2, 0.25) is 0 Å². The van der Waals surface area contributed by atoms with E-state index in [-0.39, 0.29) is 16.1 Å². The Hall–Kier alpha value is -3.52. The van der Waals surface area contributed by atoms with Crippen LogP contribution in [0.15, 0.2) is 77.7 Å². The molecule has 1 saturated heterocycles. The smallest absolute Gasteiger partial charge is 0.337 e. The SMILES string of the molecule is Cc1ccc(S(=O)(=O)Nc2ccc(N3CCN(c4ccccc4)CC3)cc2C(=O)O)cc1. The van der Waals surface area contributed by atoms with Gasteiger partial charge >= 0.3 is 5.97 Å². The van der Waals surface area contributed by atoms with Crippen LogP contribution < -0.4 is 14.5 Å². The molecular formula is C24H25N3O4S. The molecule has 0 atom stereocenters. The van der Waals surface area contributed by atoms with Gasteiger partial charge in [0.15, 0.2) is 0 Å². The highest BCUT2D eigenvalue weighted by Gasteiger charge is 2.22. The summed E-state index contributed by atoms with van der Waals surface area (Å²) in [5.41, 5.74) is 2.83. The first-order chi connectivity index (χ1) is 15.3. The number of aryl methyl sites for hydroxylation is 1. The lowest BCUT2D eigenvalue weighted by atomic mass is 10.1. The quantitative estimate of drug-likeness (QED) is 0.592. The second kappa shape index (κ2) is 8.92. The van der Waals surface area contributed by atoms with Crippen LogP contribution in [0.3, 0.4) is 0 Å². The molecule has 166 valence electrons. The van der Waals surface area contributed by atoms with Crippen molar-refractivity contribution in [3.8, 4) is 0 Å². The summed E-state index contributed by atoms with van der Waals surface area (Å²) in [5, 5.41) is 9.72. The van der Waals surface area contributed by atoms with Gasteiger partial charge in [0.25, 0.3) is 10.0 Å². The van der Waals surface area contributed by atoms with Gasteiger partial charge in [-0.25, -0.2) is 13.2 Å². The summed E-state index contributed by atoms with van der Waals surface area (Å²) in [6.45, 7) is 4.97. The molecule has 4 rings (SSSR count). The topological polar surface area (TPSA) is 90.0 Å². The fraction of sp³-hybridized carbons (Fsp3) is 0.208. The average Bonchev–Trinajstić information content (AvgIpc) is 2.80. The first-order valence-electron chi connectivity index (χ1n) is 10.4. The van der Waals surface area contributed by atoms with Crippen molar-refractivity contribution in [2.24, 2.45) is 0 Å². The largest absolute Gasteiger partial charge is 0.478 e. The van der Waals surface area contributed by atoms with Crippen molar-refractivity contribution in [3.05, 3.63) is 83.9 Å². The molecule has 7 nitrogen and oxygen atoms in total. The molecule has 3 aromatic rings. The van der Waals surface area contributed by atoms with E-state index in [9.17, 15) is 18.3 Å². The Bertz CT molecular complexity index is 1200. The molecule has 0 bridgehead atoms. The van der Waals surface area contributed by atoms with Gasteiger partial charge in [-0.15, -0.1) is 0 Å². The highest BCUT2D eigenvalue weighted by molar-refractivity contribution is 7.92. The summed E-state index contributed by atoms with van der Waals surface area (Å²) < 4.78 is 27.9. The van der Waals surface area contributed by atoms with Crippen molar-refractivity contribution in [1.82, 2.24) is 0 Å². The molecule has 32 heavy (non-hydrogen) atoms. The van der Waals surface area contributed by atoms with Crippen LogP contribution in [-0.4, -0.2) is 45.7 Å². The van der Waals surface area contributed by atoms with E-state index in [1.165, 1.54) is 30.0 Å². The maximum Gasteiger partial charge on any atom is 0.337 e. The third-order valence-electron chi connectivity index (χ3n) is 5.58. The number of piperazine rings is 1. The normalized spacial score (nSPS) is 14.3. The third-order valence-corrected chi connectivity index (χ3v) is 6.96. The zero-order valence-corrected chi connectivity index (χ0v) is 18.5. The number of rotatable bonds is 6. The number of hydrogen-bond acceptors (Lipinski definition) is 5. The van der Waals surface area contributed by atoms with Gasteiger partial charge in [-0.05, 0) is 49.4 Å². The molecule has 0 aromatic heterocycles. The Labute approximate surface area is 188 Å². The Morgan fingerprint density at radius 2 is 1.44 bits per heavy atom. The highest BCUT2D eigenvalue weighted by atomic mass is 32.2. The molecule has 0 saturated carbocycles. The molecule has 1 aliphatic rings. The van der Waals surface area contributed by atoms with Crippen molar-refractivity contribution in [2.75, 3.05) is 40.7 Å². The molecule has 1 heterocycles. The maximum absolute atomic E-state index is 12.7. The van der Waals surface area contributed by atoms with Crippen molar-refractivity contribution >= 4 is 33.1 Å². The Morgan fingerprint density at radius 3 is 2.03 bits per heavy atom. The summed E-state index contributed by atoms with van der Waals surface area (Å²) in [7, 11) is -3.90. The van der Waals surface area contributed by atoms with E-state index in [0.29, 0.717) is 0 Å². The number of aromatic carboxylic acids is 1. The maximum atomic E-state index is 12.7. The van der Waals surface area contributed by atoms with Crippen LogP contribution in [-0.2, 0) is 10.0 Å². The predicted molar refractivity (Wildman–Crippen MR) is 126 cm³/mol. The number of nitrogens with one attached hydrogen (secondary N) is 1. The van der Waals surface area contributed by atoms with Gasteiger partial charge < -0.3 is 14.9 Å². The number of anilines is 3. The van der Waals surface area contributed by atoms with Crippen molar-refractivity contribution in [2.45, 2.75) is 11.8 Å². The summed E-state index contributed by atoms with van der Waals surface area (Å²) in [6, 6.07) is 21.4. The van der Waals surface area contributed by atoms with Gasteiger partial charge in [0.05, 0.1) is 16.1 Å². The Kier molecular flexibility index (Phi) is 6.05. The van der Waals surface area contributed by atoms with Crippen LogP contribution in [0.4, 0.5) is 17.1 Å². The summed E-state index contributed by atoms with van der Waals surface area (Å²) in [5.74, 6) is -1.18. The van der Waals surface area contributed by atoms with Crippen LogP contribution in [0.25, 0.3) is 0 Å². The second-order valence-electron chi connectivity index (χ2n) is 7.76. The van der Waals surface area contributed by atoms with Crippen LogP contribution in [0.5, 0.6) is 0 Å². The minimum absolute atomic E-state index is 0.0461. The molecule has 0 radical (unpaired) electrons. The summed E-state index contributed by atoms with van der Waals surface area (Å²) in [4.78, 5) is 16.4. The number of hydrogen-bond donors (Lipinski definition) is 2. The number of para-hydroxylation sites is 1. The zero-order chi connectivity index (χ0) is 22.7. The number of nitrogens with zero attached hydrogens (tertiary/aromatic N) is 2. The van der Waals surface area contributed by atoms with Crippen molar-refractivity contribution < 1.29 is 18.3 Å². The number of benzene rings is 3. The van der Waals surface area contributed by atoms with Crippen LogP contribution in [0.1, 0.15) is 15.9 Å². The van der Waals surface area contributed by atoms with E-state index in [4.69, 9.17) is 0 Å². The summed E-state index contributed by atoms with van der Waals surface area (Å²) in [6.07, 6.45) is 0. The molecule has 1 aliphatic heterocycles. The van der Waals surface area contributed by atoms with E-state index >= 15 is 0 Å². The van der Waals surface area contributed by atoms with Crippen molar-refractivity contribution in [1.29, 1.82) is 0 Å². The van der Waals surface area contributed by atoms with Crippen molar-refractivity contribution in [3.63, 3.8) is 0 Å². The highest BCUT2D eigenvalue weighted by Crippen LogP contribution is 2.27. The second-order valence-corrected chi connectivity index (χ2v) is 9.45. The fourth-order valence-electron chi connectivity index (χ4n) is 3.78. The molecule has 0 amide bonds. The molecule has 3 aromatic carbocycles. The van der Waals surface area contributed by atoms with E-state index in [0.717, 1.165) is 37.4 Å². The lowest BCUT2D eigenvalue weighted by Crippen LogP contribution is -2.46. The lowest BCUT2D eigenvalue weighted by molar-refractivity contribution is 0.0698. The molecule has 0 spiro atoms. The van der Waals surface area contributed by atoms with Crippen LogP contribution >= 0.6 is 0 Å². The molecule has 0 unspecified atom stereocenters. The average molecular weight is 452 g/mol. The zero-order valence-electron chi connectivity index (χ0n) is 17.7. The minimum Gasteiger partial charge on any atom is -0.478 e. The van der Waals surface area contributed by atoms with Gasteiger partial charge in [-0.1, -0.05) is 35.9 Å². The number of carbonyl (C=O) groups is 1. The molecule has 1 fully saturated rings. The van der Waals surface area contributed by atoms with E-state index < -0.39 is 16.0 Å². The number of sulfonamides is 1. The van der Waals surface area contributed by atoms with Crippen LogP contribution in [0, 0.1) is 6.92 Å². The van der Waals surface area contributed by atoms with Crippen LogP contribution in [0.2, 0.25) is 0 Å². The predicted octanol–water partition coefficient (Wildman–Crippen LogP) is 3.82. The Balaban J connectivity index is 1.52. The minimum atomic E-state index is -3.90. The molecule has 0 aliphatic carbocycles. The lowest BCUT2D eigenvalue weighted by Gasteiger charge is -2.37. The first-order valence-corrected chi connectivity index (χ1v) is 11.8. The fourth-order valence-corrected chi connectivity index (χ4v) is 4.86. The van der Waals surface area contributed by atoms with Gasteiger partial charge in [-0.2, -0.15) is 0 Å². The molecular weight excluding hydrogens is 426 g/mol. The first kappa shape index (κ1) is 21.7. The monoisotopic (exact) mass is 451 g/mol. The van der Waals surface area contributed by atoms with E-state index in [1.807, 2.05) is 25.1 Å².